The molecule has 0 bridgehead atoms. The molecule has 1 aromatic rings. The van der Waals surface area contributed by atoms with Crippen molar-refractivity contribution in [3.63, 3.8) is 0 Å². The third-order valence-electron chi connectivity index (χ3n) is 3.60. The van der Waals surface area contributed by atoms with Gasteiger partial charge in [0.25, 0.3) is 0 Å². The lowest BCUT2D eigenvalue weighted by Crippen LogP contribution is -2.25. The van der Waals surface area contributed by atoms with Crippen molar-refractivity contribution in [1.29, 1.82) is 0 Å². The van der Waals surface area contributed by atoms with Crippen LogP contribution in [-0.4, -0.2) is 18.2 Å². The van der Waals surface area contributed by atoms with Gasteiger partial charge in [-0.1, -0.05) is 17.7 Å². The van der Waals surface area contributed by atoms with Crippen LogP contribution in [0.25, 0.3) is 0 Å². The molecule has 0 saturated heterocycles. The van der Waals surface area contributed by atoms with Crippen LogP contribution >= 0.6 is 11.6 Å². The molecule has 1 spiro atoms. The van der Waals surface area contributed by atoms with E-state index in [-0.39, 0.29) is 5.41 Å². The molecule has 0 radical (unpaired) electrons. The van der Waals surface area contributed by atoms with Crippen molar-refractivity contribution in [2.45, 2.75) is 24.4 Å². The monoisotopic (exact) mass is 223 g/mol. The van der Waals surface area contributed by atoms with Gasteiger partial charge in [-0.2, -0.15) is 0 Å². The minimum absolute atomic E-state index is 0.262. The Bertz CT molecular complexity index is 401. The first-order valence-corrected chi connectivity index (χ1v) is 5.78. The third-order valence-corrected chi connectivity index (χ3v) is 3.84. The molecule has 0 amide bonds. The van der Waals surface area contributed by atoms with Crippen LogP contribution in [0, 0.1) is 0 Å². The van der Waals surface area contributed by atoms with Crippen LogP contribution in [0.4, 0.5) is 0 Å². The first kappa shape index (κ1) is 9.64. The van der Waals surface area contributed by atoms with Gasteiger partial charge < -0.3 is 10.4 Å². The molecule has 1 aliphatic carbocycles. The lowest BCUT2D eigenvalue weighted by molar-refractivity contribution is 0.178. The molecule has 80 valence electrons. The summed E-state index contributed by atoms with van der Waals surface area (Å²) in [6, 6.07) is 5.86. The van der Waals surface area contributed by atoms with Gasteiger partial charge in [0.1, 0.15) is 0 Å². The summed E-state index contributed by atoms with van der Waals surface area (Å²) in [6.07, 6.45) is 2.03. The summed E-state index contributed by atoms with van der Waals surface area (Å²) < 4.78 is 0. The van der Waals surface area contributed by atoms with Crippen molar-refractivity contribution in [3.05, 3.63) is 34.3 Å². The Morgan fingerprint density at radius 3 is 2.93 bits per heavy atom. The van der Waals surface area contributed by atoms with E-state index in [4.69, 9.17) is 11.6 Å². The number of hydrogen-bond donors (Lipinski definition) is 2. The maximum absolute atomic E-state index is 9.99. The summed E-state index contributed by atoms with van der Waals surface area (Å²) in [7, 11) is 0. The van der Waals surface area contributed by atoms with E-state index in [0.717, 1.165) is 17.1 Å². The highest BCUT2D eigenvalue weighted by atomic mass is 35.5. The van der Waals surface area contributed by atoms with Crippen molar-refractivity contribution >= 4 is 11.6 Å². The molecule has 0 aromatic heterocycles. The van der Waals surface area contributed by atoms with E-state index in [2.05, 4.69) is 5.32 Å². The van der Waals surface area contributed by atoms with Crippen molar-refractivity contribution in [2.24, 2.45) is 0 Å². The van der Waals surface area contributed by atoms with Gasteiger partial charge in [-0.3, -0.25) is 0 Å². The highest BCUT2D eigenvalue weighted by Crippen LogP contribution is 2.51. The van der Waals surface area contributed by atoms with Gasteiger partial charge in [-0.15, -0.1) is 0 Å². The number of nitrogens with one attached hydrogen (secondary N) is 1. The molecule has 1 unspecified atom stereocenters. The maximum Gasteiger partial charge on any atom is 0.0917 e. The first-order chi connectivity index (χ1) is 7.21. The summed E-state index contributed by atoms with van der Waals surface area (Å²) in [5, 5.41) is 14.1. The second kappa shape index (κ2) is 3.21. The second-order valence-electron chi connectivity index (χ2n) is 4.66. The molecule has 2 N–H and O–H groups in total. The van der Waals surface area contributed by atoms with Crippen molar-refractivity contribution in [3.8, 4) is 0 Å². The van der Waals surface area contributed by atoms with E-state index < -0.39 is 6.10 Å². The van der Waals surface area contributed by atoms with Crippen LogP contribution in [0.5, 0.6) is 0 Å². The zero-order valence-electron chi connectivity index (χ0n) is 8.46. The highest BCUT2D eigenvalue weighted by molar-refractivity contribution is 6.30. The van der Waals surface area contributed by atoms with Gasteiger partial charge in [0.2, 0.25) is 0 Å². The molecular weight excluding hydrogens is 210 g/mol. The number of fused-ring (bicyclic) bond motifs is 2. The Balaban J connectivity index is 2.15. The molecule has 1 aromatic carbocycles. The summed E-state index contributed by atoms with van der Waals surface area (Å²) in [5.41, 5.74) is 2.58. The van der Waals surface area contributed by atoms with Crippen molar-refractivity contribution < 1.29 is 5.11 Å². The number of rotatable bonds is 0. The predicted octanol–water partition coefficient (Wildman–Crippen LogP) is 2.01. The Kier molecular flexibility index (Phi) is 2.06. The Morgan fingerprint density at radius 2 is 2.20 bits per heavy atom. The predicted molar refractivity (Wildman–Crippen MR) is 60.2 cm³/mol. The van der Waals surface area contributed by atoms with E-state index >= 15 is 0 Å². The zero-order valence-corrected chi connectivity index (χ0v) is 9.22. The van der Waals surface area contributed by atoms with Gasteiger partial charge in [0, 0.05) is 23.5 Å². The maximum atomic E-state index is 9.99. The largest absolute Gasteiger partial charge is 0.387 e. The third kappa shape index (κ3) is 1.48. The number of benzene rings is 1. The summed E-state index contributed by atoms with van der Waals surface area (Å²) >= 11 is 6.03. The van der Waals surface area contributed by atoms with Crippen LogP contribution in [0.1, 0.15) is 30.1 Å². The lowest BCUT2D eigenvalue weighted by atomic mass is 9.90. The van der Waals surface area contributed by atoms with Gasteiger partial charge in [0.05, 0.1) is 6.10 Å². The van der Waals surface area contributed by atoms with Gasteiger partial charge in [0.15, 0.2) is 0 Å². The van der Waals surface area contributed by atoms with Gasteiger partial charge in [-0.25, -0.2) is 0 Å². The fraction of sp³-hybridized carbons (Fsp3) is 0.500. The van der Waals surface area contributed by atoms with Crippen LogP contribution in [0.3, 0.4) is 0 Å². The number of halogens is 1. The average molecular weight is 224 g/mol. The SMILES string of the molecule is OC1CNCC2(CC2)c2cc(Cl)ccc21. The van der Waals surface area contributed by atoms with Gasteiger partial charge in [-0.05, 0) is 36.1 Å². The average Bonchev–Trinajstić information content (AvgIpc) is 2.99. The van der Waals surface area contributed by atoms with Gasteiger partial charge >= 0.3 is 0 Å². The Morgan fingerprint density at radius 1 is 1.40 bits per heavy atom. The van der Waals surface area contributed by atoms with E-state index in [0.29, 0.717) is 6.54 Å². The second-order valence-corrected chi connectivity index (χ2v) is 5.10. The summed E-state index contributed by atoms with van der Waals surface area (Å²) in [6.45, 7) is 1.62. The quantitative estimate of drug-likeness (QED) is 0.705. The molecule has 1 aliphatic heterocycles. The van der Waals surface area contributed by atoms with Crippen molar-refractivity contribution in [2.75, 3.05) is 13.1 Å². The molecule has 3 heteroatoms. The molecule has 2 nitrogen and oxygen atoms in total. The number of aliphatic hydroxyl groups excluding tert-OH is 1. The smallest absolute Gasteiger partial charge is 0.0917 e. The van der Waals surface area contributed by atoms with Crippen LogP contribution in [0.15, 0.2) is 18.2 Å². The minimum atomic E-state index is -0.391. The number of β-amino-alcohol motifs (C(OH)–C–C–N with tert-alkyl or cyclic N) is 1. The topological polar surface area (TPSA) is 32.3 Å². The standard InChI is InChI=1S/C12H14ClNO/c13-8-1-2-9-10(5-8)12(3-4-12)7-14-6-11(9)15/h1-2,5,11,14-15H,3-4,6-7H2. The normalized spacial score (nSPS) is 27.2. The van der Waals surface area contributed by atoms with E-state index in [9.17, 15) is 5.11 Å². The summed E-state index contributed by atoms with van der Waals surface area (Å²) in [4.78, 5) is 0. The highest BCUT2D eigenvalue weighted by Gasteiger charge is 2.47. The number of aliphatic hydroxyl groups is 1. The fourth-order valence-electron chi connectivity index (χ4n) is 2.53. The molecule has 15 heavy (non-hydrogen) atoms. The number of hydrogen-bond acceptors (Lipinski definition) is 2. The molecule has 2 aliphatic rings. The van der Waals surface area contributed by atoms with Crippen molar-refractivity contribution in [1.82, 2.24) is 5.32 Å². The Labute approximate surface area is 94.3 Å². The van der Waals surface area contributed by atoms with E-state index in [1.165, 1.54) is 18.4 Å². The van der Waals surface area contributed by atoms with Crippen LogP contribution in [-0.2, 0) is 5.41 Å². The minimum Gasteiger partial charge on any atom is -0.387 e. The fourth-order valence-corrected chi connectivity index (χ4v) is 2.70. The van der Waals surface area contributed by atoms with Crippen LogP contribution in [0.2, 0.25) is 5.02 Å². The first-order valence-electron chi connectivity index (χ1n) is 5.40. The van der Waals surface area contributed by atoms with E-state index in [1.807, 2.05) is 18.2 Å². The molecule has 1 atom stereocenters. The molecular formula is C12H14ClNO. The molecule has 1 saturated carbocycles. The summed E-state index contributed by atoms with van der Waals surface area (Å²) in [5.74, 6) is 0. The Hall–Kier alpha value is -0.570. The van der Waals surface area contributed by atoms with Crippen LogP contribution < -0.4 is 5.32 Å². The molecule has 1 fully saturated rings. The van der Waals surface area contributed by atoms with E-state index in [1.54, 1.807) is 0 Å². The molecule has 1 heterocycles. The zero-order chi connectivity index (χ0) is 10.5. The lowest BCUT2D eigenvalue weighted by Gasteiger charge is -2.17. The molecule has 3 rings (SSSR count).